The van der Waals surface area contributed by atoms with Gasteiger partial charge in [0.25, 0.3) is 0 Å². The molecule has 0 aromatic heterocycles. The summed E-state index contributed by atoms with van der Waals surface area (Å²) in [5.41, 5.74) is 7.32. The normalized spacial score (nSPS) is 10.2. The van der Waals surface area contributed by atoms with Gasteiger partial charge in [-0.05, 0) is 42.8 Å². The van der Waals surface area contributed by atoms with E-state index in [0.29, 0.717) is 12.3 Å². The lowest BCUT2D eigenvalue weighted by Crippen LogP contribution is -2.10. The molecule has 0 aliphatic carbocycles. The number of halogens is 1. The van der Waals surface area contributed by atoms with E-state index < -0.39 is 0 Å². The van der Waals surface area contributed by atoms with Crippen molar-refractivity contribution in [3.05, 3.63) is 53.8 Å². The molecule has 0 atom stereocenters. The first-order chi connectivity index (χ1) is 9.16. The van der Waals surface area contributed by atoms with Gasteiger partial charge in [-0.15, -0.1) is 0 Å². The van der Waals surface area contributed by atoms with Gasteiger partial charge in [-0.25, -0.2) is 4.39 Å². The standard InChI is InChI=1S/C15H16FNO2/c1-11-10-12(17)6-7-14(11)18-8-9-19-15-5-3-2-4-13(15)16/h2-7,10H,8-9,17H2,1H3. The quantitative estimate of drug-likeness (QED) is 0.664. The van der Waals surface area contributed by atoms with Crippen LogP contribution < -0.4 is 15.2 Å². The molecule has 0 amide bonds. The third-order valence-electron chi connectivity index (χ3n) is 2.63. The van der Waals surface area contributed by atoms with Crippen molar-refractivity contribution in [2.45, 2.75) is 6.92 Å². The average Bonchev–Trinajstić information content (AvgIpc) is 2.38. The van der Waals surface area contributed by atoms with Crippen molar-refractivity contribution < 1.29 is 13.9 Å². The van der Waals surface area contributed by atoms with E-state index in [2.05, 4.69) is 0 Å². The minimum atomic E-state index is -0.369. The molecule has 2 N–H and O–H groups in total. The van der Waals surface area contributed by atoms with Crippen molar-refractivity contribution in [1.82, 2.24) is 0 Å². The molecule has 0 aliphatic heterocycles. The molecule has 0 heterocycles. The van der Waals surface area contributed by atoms with Gasteiger partial charge in [-0.1, -0.05) is 12.1 Å². The first kappa shape index (κ1) is 13.2. The highest BCUT2D eigenvalue weighted by molar-refractivity contribution is 5.47. The summed E-state index contributed by atoms with van der Waals surface area (Å²) in [6.45, 7) is 2.55. The highest BCUT2D eigenvalue weighted by Gasteiger charge is 2.02. The van der Waals surface area contributed by atoms with Crippen LogP contribution in [0.15, 0.2) is 42.5 Å². The van der Waals surface area contributed by atoms with E-state index in [4.69, 9.17) is 15.2 Å². The molecular weight excluding hydrogens is 245 g/mol. The number of para-hydroxylation sites is 1. The monoisotopic (exact) mass is 261 g/mol. The molecule has 0 spiro atoms. The van der Waals surface area contributed by atoms with Gasteiger partial charge >= 0.3 is 0 Å². The van der Waals surface area contributed by atoms with Crippen LogP contribution in [0.3, 0.4) is 0 Å². The fraction of sp³-hybridized carbons (Fsp3) is 0.200. The second-order valence-corrected chi connectivity index (χ2v) is 4.15. The topological polar surface area (TPSA) is 44.5 Å². The molecule has 2 aromatic carbocycles. The van der Waals surface area contributed by atoms with Crippen molar-refractivity contribution in [3.8, 4) is 11.5 Å². The third kappa shape index (κ3) is 3.61. The summed E-state index contributed by atoms with van der Waals surface area (Å²) >= 11 is 0. The lowest BCUT2D eigenvalue weighted by molar-refractivity contribution is 0.210. The number of aryl methyl sites for hydroxylation is 1. The smallest absolute Gasteiger partial charge is 0.165 e. The van der Waals surface area contributed by atoms with E-state index in [1.807, 2.05) is 19.1 Å². The van der Waals surface area contributed by atoms with Crippen molar-refractivity contribution in [3.63, 3.8) is 0 Å². The predicted octanol–water partition coefficient (Wildman–Crippen LogP) is 3.17. The third-order valence-corrected chi connectivity index (χ3v) is 2.63. The summed E-state index contributed by atoms with van der Waals surface area (Å²) in [5.74, 6) is 0.623. The van der Waals surface area contributed by atoms with E-state index in [1.54, 1.807) is 24.3 Å². The second kappa shape index (κ2) is 6.09. The van der Waals surface area contributed by atoms with Crippen LogP contribution >= 0.6 is 0 Å². The van der Waals surface area contributed by atoms with Gasteiger partial charge in [-0.3, -0.25) is 0 Å². The predicted molar refractivity (Wildman–Crippen MR) is 73.0 cm³/mol. The van der Waals surface area contributed by atoms with Crippen LogP contribution in [0.4, 0.5) is 10.1 Å². The minimum Gasteiger partial charge on any atom is -0.490 e. The van der Waals surface area contributed by atoms with E-state index >= 15 is 0 Å². The SMILES string of the molecule is Cc1cc(N)ccc1OCCOc1ccccc1F. The Morgan fingerprint density at radius 3 is 2.37 bits per heavy atom. The van der Waals surface area contributed by atoms with Gasteiger partial charge in [0.1, 0.15) is 19.0 Å². The Morgan fingerprint density at radius 1 is 1.00 bits per heavy atom. The number of rotatable bonds is 5. The van der Waals surface area contributed by atoms with Gasteiger partial charge in [0.2, 0.25) is 0 Å². The molecule has 0 unspecified atom stereocenters. The Balaban J connectivity index is 1.83. The maximum atomic E-state index is 13.3. The molecule has 4 heteroatoms. The number of hydrogen-bond donors (Lipinski definition) is 1. The van der Waals surface area contributed by atoms with Crippen LogP contribution in [-0.4, -0.2) is 13.2 Å². The highest BCUT2D eigenvalue weighted by Crippen LogP contribution is 2.20. The van der Waals surface area contributed by atoms with E-state index in [-0.39, 0.29) is 18.2 Å². The fourth-order valence-electron chi connectivity index (χ4n) is 1.70. The van der Waals surface area contributed by atoms with Crippen LogP contribution in [0.25, 0.3) is 0 Å². The zero-order valence-electron chi connectivity index (χ0n) is 10.7. The molecule has 2 aromatic rings. The molecule has 0 radical (unpaired) electrons. The van der Waals surface area contributed by atoms with E-state index in [0.717, 1.165) is 11.3 Å². The maximum absolute atomic E-state index is 13.3. The Kier molecular flexibility index (Phi) is 4.23. The zero-order chi connectivity index (χ0) is 13.7. The van der Waals surface area contributed by atoms with Crippen molar-refractivity contribution in [2.75, 3.05) is 18.9 Å². The van der Waals surface area contributed by atoms with Crippen LogP contribution in [-0.2, 0) is 0 Å². The molecule has 2 rings (SSSR count). The summed E-state index contributed by atoms with van der Waals surface area (Å²) in [6, 6.07) is 11.7. The fourth-order valence-corrected chi connectivity index (χ4v) is 1.70. The molecule has 100 valence electrons. The number of nitrogen functional groups attached to an aromatic ring is 1. The van der Waals surface area contributed by atoms with Crippen LogP contribution in [0.2, 0.25) is 0 Å². The highest BCUT2D eigenvalue weighted by atomic mass is 19.1. The van der Waals surface area contributed by atoms with E-state index in [9.17, 15) is 4.39 Å². The zero-order valence-corrected chi connectivity index (χ0v) is 10.7. The van der Waals surface area contributed by atoms with Gasteiger partial charge in [0.05, 0.1) is 0 Å². The summed E-state index contributed by atoms with van der Waals surface area (Å²) < 4.78 is 24.1. The summed E-state index contributed by atoms with van der Waals surface area (Å²) in [6.07, 6.45) is 0. The number of anilines is 1. The van der Waals surface area contributed by atoms with Crippen LogP contribution in [0.1, 0.15) is 5.56 Å². The summed E-state index contributed by atoms with van der Waals surface area (Å²) in [4.78, 5) is 0. The lowest BCUT2D eigenvalue weighted by atomic mass is 10.2. The van der Waals surface area contributed by atoms with E-state index in [1.165, 1.54) is 6.07 Å². The van der Waals surface area contributed by atoms with Crippen molar-refractivity contribution >= 4 is 5.69 Å². The first-order valence-corrected chi connectivity index (χ1v) is 6.03. The molecule has 3 nitrogen and oxygen atoms in total. The molecule has 0 saturated carbocycles. The minimum absolute atomic E-state index is 0.236. The van der Waals surface area contributed by atoms with Crippen LogP contribution in [0, 0.1) is 12.7 Å². The van der Waals surface area contributed by atoms with Gasteiger partial charge in [-0.2, -0.15) is 0 Å². The lowest BCUT2D eigenvalue weighted by Gasteiger charge is -2.11. The average molecular weight is 261 g/mol. The molecule has 0 bridgehead atoms. The number of benzene rings is 2. The van der Waals surface area contributed by atoms with Gasteiger partial charge in [0, 0.05) is 5.69 Å². The summed E-state index contributed by atoms with van der Waals surface area (Å²) in [7, 11) is 0. The molecular formula is C15H16FNO2. The van der Waals surface area contributed by atoms with Crippen molar-refractivity contribution in [2.24, 2.45) is 0 Å². The Morgan fingerprint density at radius 2 is 1.68 bits per heavy atom. The van der Waals surface area contributed by atoms with Gasteiger partial charge in [0.15, 0.2) is 11.6 Å². The largest absolute Gasteiger partial charge is 0.490 e. The number of hydrogen-bond acceptors (Lipinski definition) is 3. The van der Waals surface area contributed by atoms with Crippen LogP contribution in [0.5, 0.6) is 11.5 Å². The molecule has 0 saturated heterocycles. The van der Waals surface area contributed by atoms with Gasteiger partial charge < -0.3 is 15.2 Å². The first-order valence-electron chi connectivity index (χ1n) is 6.03. The Bertz CT molecular complexity index is 558. The number of nitrogens with two attached hydrogens (primary N) is 1. The molecule has 0 aliphatic rings. The number of ether oxygens (including phenoxy) is 2. The van der Waals surface area contributed by atoms with Crippen molar-refractivity contribution in [1.29, 1.82) is 0 Å². The Labute approximate surface area is 111 Å². The Hall–Kier alpha value is -2.23. The maximum Gasteiger partial charge on any atom is 0.165 e. The molecule has 0 fully saturated rings. The second-order valence-electron chi connectivity index (χ2n) is 4.15. The summed E-state index contributed by atoms with van der Waals surface area (Å²) in [5, 5.41) is 0. The molecule has 19 heavy (non-hydrogen) atoms.